The Labute approximate surface area is 115 Å². The van der Waals surface area contributed by atoms with Crippen molar-refractivity contribution in [1.29, 1.82) is 0 Å². The molecular formula is C13H26N4S. The number of aryl methyl sites for hydroxylation is 1. The third kappa shape index (κ3) is 6.42. The van der Waals surface area contributed by atoms with E-state index in [2.05, 4.69) is 41.0 Å². The van der Waals surface area contributed by atoms with Crippen molar-refractivity contribution in [3.05, 3.63) is 10.6 Å². The van der Waals surface area contributed by atoms with Crippen LogP contribution in [0.25, 0.3) is 0 Å². The molecule has 0 unspecified atom stereocenters. The van der Waals surface area contributed by atoms with Crippen LogP contribution in [-0.4, -0.2) is 29.2 Å². The number of rotatable bonds is 10. The summed E-state index contributed by atoms with van der Waals surface area (Å²) in [5, 5.41) is 11.1. The minimum absolute atomic E-state index is 0.734. The fourth-order valence-corrected chi connectivity index (χ4v) is 2.37. The smallest absolute Gasteiger partial charge is 0.0800 e. The fraction of sp³-hybridized carbons (Fsp3) is 0.846. The maximum atomic E-state index is 4.17. The first kappa shape index (κ1) is 15.5. The van der Waals surface area contributed by atoms with Crippen LogP contribution < -0.4 is 10.6 Å². The van der Waals surface area contributed by atoms with Crippen molar-refractivity contribution in [3.63, 3.8) is 0 Å². The molecule has 0 aromatic carbocycles. The van der Waals surface area contributed by atoms with Crippen molar-refractivity contribution in [2.24, 2.45) is 5.92 Å². The second-order valence-corrected chi connectivity index (χ2v) is 5.86. The van der Waals surface area contributed by atoms with Crippen molar-refractivity contribution < 1.29 is 0 Å². The Hall–Kier alpha value is -0.520. The molecule has 0 saturated heterocycles. The summed E-state index contributed by atoms with van der Waals surface area (Å²) in [6, 6.07) is 0. The van der Waals surface area contributed by atoms with Gasteiger partial charge in [-0.2, -0.15) is 0 Å². The van der Waals surface area contributed by atoms with E-state index in [0.717, 1.165) is 44.9 Å². The number of nitrogens with zero attached hydrogens (tertiary/aromatic N) is 2. The Morgan fingerprint density at radius 3 is 2.72 bits per heavy atom. The lowest BCUT2D eigenvalue weighted by molar-refractivity contribution is 0.530. The Morgan fingerprint density at radius 1 is 1.22 bits per heavy atom. The molecule has 1 aromatic heterocycles. The van der Waals surface area contributed by atoms with Gasteiger partial charge >= 0.3 is 0 Å². The molecule has 0 aliphatic rings. The van der Waals surface area contributed by atoms with Gasteiger partial charge in [0.1, 0.15) is 0 Å². The first-order valence-electron chi connectivity index (χ1n) is 6.95. The average Bonchev–Trinajstić information content (AvgIpc) is 2.76. The lowest BCUT2D eigenvalue weighted by atomic mass is 10.2. The van der Waals surface area contributed by atoms with Crippen LogP contribution in [0.4, 0.5) is 0 Å². The lowest BCUT2D eigenvalue weighted by Crippen LogP contribution is -2.24. The molecule has 0 spiro atoms. The van der Waals surface area contributed by atoms with Gasteiger partial charge in [-0.05, 0) is 49.9 Å². The van der Waals surface area contributed by atoms with Gasteiger partial charge in [-0.25, -0.2) is 0 Å². The molecule has 1 aromatic rings. The molecule has 0 aliphatic carbocycles. The van der Waals surface area contributed by atoms with Gasteiger partial charge in [0.25, 0.3) is 0 Å². The van der Waals surface area contributed by atoms with E-state index in [0.29, 0.717) is 0 Å². The molecule has 2 N–H and O–H groups in total. The summed E-state index contributed by atoms with van der Waals surface area (Å²) in [7, 11) is 0. The van der Waals surface area contributed by atoms with Gasteiger partial charge in [0.15, 0.2) is 0 Å². The third-order valence-corrected chi connectivity index (χ3v) is 3.43. The highest BCUT2D eigenvalue weighted by atomic mass is 32.1. The minimum atomic E-state index is 0.734. The molecule has 0 fully saturated rings. The molecule has 0 aliphatic heterocycles. The number of hydrogen-bond donors (Lipinski definition) is 2. The van der Waals surface area contributed by atoms with Crippen LogP contribution in [0.2, 0.25) is 0 Å². The van der Waals surface area contributed by atoms with Gasteiger partial charge in [-0.3, -0.25) is 0 Å². The summed E-state index contributed by atoms with van der Waals surface area (Å²) < 4.78 is 4.03. The van der Waals surface area contributed by atoms with E-state index in [-0.39, 0.29) is 0 Å². The lowest BCUT2D eigenvalue weighted by Gasteiger charge is -2.07. The maximum Gasteiger partial charge on any atom is 0.0800 e. The predicted molar refractivity (Wildman–Crippen MR) is 77.9 cm³/mol. The Bertz CT molecular complexity index is 312. The SMILES string of the molecule is CCCc1nnsc1CNCCCNCC(C)C. The highest BCUT2D eigenvalue weighted by molar-refractivity contribution is 7.05. The molecule has 0 radical (unpaired) electrons. The largest absolute Gasteiger partial charge is 0.316 e. The summed E-state index contributed by atoms with van der Waals surface area (Å²) >= 11 is 1.52. The number of hydrogen-bond acceptors (Lipinski definition) is 5. The molecule has 0 saturated carbocycles. The van der Waals surface area contributed by atoms with E-state index in [1.165, 1.54) is 28.5 Å². The third-order valence-electron chi connectivity index (χ3n) is 2.67. The Morgan fingerprint density at radius 2 is 2.00 bits per heavy atom. The summed E-state index contributed by atoms with van der Waals surface area (Å²) in [6.45, 7) is 10.8. The van der Waals surface area contributed by atoms with E-state index in [9.17, 15) is 0 Å². The fourth-order valence-electron chi connectivity index (χ4n) is 1.72. The van der Waals surface area contributed by atoms with Crippen molar-refractivity contribution in [2.75, 3.05) is 19.6 Å². The molecule has 0 bridgehead atoms. The van der Waals surface area contributed by atoms with E-state index >= 15 is 0 Å². The highest BCUT2D eigenvalue weighted by Gasteiger charge is 2.05. The molecular weight excluding hydrogens is 244 g/mol. The second kappa shape index (κ2) is 9.42. The minimum Gasteiger partial charge on any atom is -0.316 e. The first-order valence-corrected chi connectivity index (χ1v) is 7.73. The van der Waals surface area contributed by atoms with Gasteiger partial charge in [0, 0.05) is 6.54 Å². The summed E-state index contributed by atoms with van der Waals surface area (Å²) in [5.41, 5.74) is 1.17. The van der Waals surface area contributed by atoms with Crippen molar-refractivity contribution >= 4 is 11.5 Å². The zero-order valence-electron chi connectivity index (χ0n) is 11.8. The van der Waals surface area contributed by atoms with Crippen LogP contribution in [0.1, 0.15) is 44.2 Å². The van der Waals surface area contributed by atoms with Crippen LogP contribution >= 0.6 is 11.5 Å². The zero-order valence-corrected chi connectivity index (χ0v) is 12.6. The Kier molecular flexibility index (Phi) is 8.13. The van der Waals surface area contributed by atoms with E-state index in [1.807, 2.05) is 0 Å². The number of aromatic nitrogens is 2. The molecule has 5 heteroatoms. The standard InChI is InChI=1S/C13H26N4S/c1-4-6-12-13(18-17-16-12)10-15-8-5-7-14-9-11(2)3/h11,14-15H,4-10H2,1-3H3. The van der Waals surface area contributed by atoms with Gasteiger partial charge in [0.05, 0.1) is 10.6 Å². The Balaban J connectivity index is 2.05. The quantitative estimate of drug-likeness (QED) is 0.640. The molecule has 1 rings (SSSR count). The molecule has 104 valence electrons. The van der Waals surface area contributed by atoms with Gasteiger partial charge in [0.2, 0.25) is 0 Å². The van der Waals surface area contributed by atoms with Crippen molar-refractivity contribution in [1.82, 2.24) is 20.2 Å². The first-order chi connectivity index (χ1) is 8.74. The zero-order chi connectivity index (χ0) is 13.2. The van der Waals surface area contributed by atoms with Crippen LogP contribution in [0.15, 0.2) is 0 Å². The normalized spacial score (nSPS) is 11.3. The molecule has 1 heterocycles. The topological polar surface area (TPSA) is 49.8 Å². The van der Waals surface area contributed by atoms with E-state index in [1.54, 1.807) is 0 Å². The van der Waals surface area contributed by atoms with E-state index in [4.69, 9.17) is 0 Å². The van der Waals surface area contributed by atoms with Crippen LogP contribution in [0.5, 0.6) is 0 Å². The second-order valence-electron chi connectivity index (χ2n) is 5.02. The molecule has 0 amide bonds. The van der Waals surface area contributed by atoms with Crippen molar-refractivity contribution in [2.45, 2.75) is 46.6 Å². The highest BCUT2D eigenvalue weighted by Crippen LogP contribution is 2.11. The number of nitrogens with one attached hydrogen (secondary N) is 2. The van der Waals surface area contributed by atoms with Crippen molar-refractivity contribution in [3.8, 4) is 0 Å². The predicted octanol–water partition coefficient (Wildman–Crippen LogP) is 2.22. The summed E-state index contributed by atoms with van der Waals surface area (Å²) in [6.07, 6.45) is 3.35. The summed E-state index contributed by atoms with van der Waals surface area (Å²) in [4.78, 5) is 1.30. The maximum absolute atomic E-state index is 4.17. The molecule has 18 heavy (non-hydrogen) atoms. The van der Waals surface area contributed by atoms with Gasteiger partial charge in [-0.15, -0.1) is 5.10 Å². The van der Waals surface area contributed by atoms with Crippen LogP contribution in [0, 0.1) is 5.92 Å². The van der Waals surface area contributed by atoms with Crippen LogP contribution in [0.3, 0.4) is 0 Å². The van der Waals surface area contributed by atoms with Gasteiger partial charge in [-0.1, -0.05) is 31.7 Å². The molecule has 0 atom stereocenters. The van der Waals surface area contributed by atoms with Gasteiger partial charge < -0.3 is 10.6 Å². The average molecular weight is 270 g/mol. The van der Waals surface area contributed by atoms with Crippen LogP contribution in [-0.2, 0) is 13.0 Å². The monoisotopic (exact) mass is 270 g/mol. The molecule has 4 nitrogen and oxygen atoms in total. The summed E-state index contributed by atoms with van der Waals surface area (Å²) in [5.74, 6) is 0.734. The van der Waals surface area contributed by atoms with E-state index < -0.39 is 0 Å².